The van der Waals surface area contributed by atoms with E-state index in [9.17, 15) is 13.2 Å². The molecule has 3 nitrogen and oxygen atoms in total. The Labute approximate surface area is 106 Å². The average Bonchev–Trinajstić information content (AvgIpc) is 2.25. The van der Waals surface area contributed by atoms with Crippen molar-refractivity contribution in [2.45, 2.75) is 64.2 Å². The van der Waals surface area contributed by atoms with Crippen molar-refractivity contribution < 1.29 is 13.2 Å². The van der Waals surface area contributed by atoms with Crippen LogP contribution in [0.15, 0.2) is 4.99 Å². The molecule has 106 valence electrons. The lowest BCUT2D eigenvalue weighted by atomic mass is 9.96. The number of guanidine groups is 1. The lowest BCUT2D eigenvalue weighted by Crippen LogP contribution is -2.47. The van der Waals surface area contributed by atoms with Gasteiger partial charge < -0.3 is 10.6 Å². The number of hydrogen-bond acceptors (Lipinski definition) is 1. The number of alkyl halides is 3. The highest BCUT2D eigenvalue weighted by molar-refractivity contribution is 5.78. The van der Waals surface area contributed by atoms with E-state index in [2.05, 4.69) is 4.99 Å². The second-order valence-corrected chi connectivity index (χ2v) is 5.12. The summed E-state index contributed by atoms with van der Waals surface area (Å²) in [6.07, 6.45) is 0.960. The Kier molecular flexibility index (Phi) is 5.28. The van der Waals surface area contributed by atoms with Crippen LogP contribution in [0.3, 0.4) is 0 Å². The van der Waals surface area contributed by atoms with E-state index in [1.165, 1.54) is 6.42 Å². The van der Waals surface area contributed by atoms with E-state index >= 15 is 0 Å². The first-order valence-electron chi connectivity index (χ1n) is 6.46. The van der Waals surface area contributed by atoms with Gasteiger partial charge in [0.2, 0.25) is 0 Å². The van der Waals surface area contributed by atoms with Crippen molar-refractivity contribution >= 4 is 5.96 Å². The van der Waals surface area contributed by atoms with Crippen LogP contribution in [0.1, 0.15) is 46.0 Å². The van der Waals surface area contributed by atoms with Gasteiger partial charge in [0.05, 0.1) is 6.04 Å². The molecular formula is C12H22F3N3. The number of nitrogens with two attached hydrogens (primary N) is 1. The van der Waals surface area contributed by atoms with Gasteiger partial charge in [-0.2, -0.15) is 13.2 Å². The highest BCUT2D eigenvalue weighted by Gasteiger charge is 2.33. The van der Waals surface area contributed by atoms with Gasteiger partial charge in [-0.3, -0.25) is 0 Å². The molecule has 0 saturated heterocycles. The molecule has 0 aromatic rings. The van der Waals surface area contributed by atoms with E-state index in [1.54, 1.807) is 13.8 Å². The smallest absolute Gasteiger partial charge is 0.370 e. The molecule has 0 bridgehead atoms. The monoisotopic (exact) mass is 265 g/mol. The van der Waals surface area contributed by atoms with Crippen LogP contribution in [0.25, 0.3) is 0 Å². The molecule has 0 atom stereocenters. The third-order valence-corrected chi connectivity index (χ3v) is 3.16. The molecule has 0 radical (unpaired) electrons. The summed E-state index contributed by atoms with van der Waals surface area (Å²) in [5.74, 6) is 0.0224. The molecule has 6 heteroatoms. The van der Waals surface area contributed by atoms with Crippen LogP contribution < -0.4 is 5.73 Å². The third kappa shape index (κ3) is 5.14. The van der Waals surface area contributed by atoms with Crippen LogP contribution >= 0.6 is 0 Å². The molecular weight excluding hydrogens is 243 g/mol. The Morgan fingerprint density at radius 3 is 2.28 bits per heavy atom. The molecule has 0 unspecified atom stereocenters. The van der Waals surface area contributed by atoms with Crippen molar-refractivity contribution in [1.82, 2.24) is 4.90 Å². The molecule has 18 heavy (non-hydrogen) atoms. The zero-order valence-electron chi connectivity index (χ0n) is 11.0. The minimum Gasteiger partial charge on any atom is -0.370 e. The second-order valence-electron chi connectivity index (χ2n) is 5.12. The number of rotatable bonds is 3. The van der Waals surface area contributed by atoms with Crippen LogP contribution in [0.4, 0.5) is 13.2 Å². The van der Waals surface area contributed by atoms with E-state index in [0.29, 0.717) is 0 Å². The summed E-state index contributed by atoms with van der Waals surface area (Å²) >= 11 is 0. The topological polar surface area (TPSA) is 41.6 Å². The molecule has 1 aliphatic rings. The molecule has 0 aromatic carbocycles. The van der Waals surface area contributed by atoms with Gasteiger partial charge in [-0.05, 0) is 26.7 Å². The third-order valence-electron chi connectivity index (χ3n) is 3.16. The Morgan fingerprint density at radius 2 is 1.83 bits per heavy atom. The van der Waals surface area contributed by atoms with Crippen LogP contribution in [0.2, 0.25) is 0 Å². The fourth-order valence-electron chi connectivity index (χ4n) is 2.19. The molecule has 0 heterocycles. The van der Waals surface area contributed by atoms with E-state index in [4.69, 9.17) is 5.73 Å². The van der Waals surface area contributed by atoms with Gasteiger partial charge in [-0.25, -0.2) is 4.99 Å². The SMILES string of the molecule is CC(C)N(CC(F)(F)F)C(N)=NC1CCCCC1. The summed E-state index contributed by atoms with van der Waals surface area (Å²) in [4.78, 5) is 5.38. The Bertz CT molecular complexity index is 281. The number of nitrogens with zero attached hydrogens (tertiary/aromatic N) is 2. The fourth-order valence-corrected chi connectivity index (χ4v) is 2.19. The first-order chi connectivity index (χ1) is 8.29. The average molecular weight is 265 g/mol. The molecule has 0 aliphatic heterocycles. The van der Waals surface area contributed by atoms with Crippen LogP contribution in [-0.2, 0) is 0 Å². The van der Waals surface area contributed by atoms with Crippen molar-refractivity contribution in [1.29, 1.82) is 0 Å². The van der Waals surface area contributed by atoms with Crippen LogP contribution in [-0.4, -0.2) is 35.7 Å². The van der Waals surface area contributed by atoms with Gasteiger partial charge in [0.25, 0.3) is 0 Å². The summed E-state index contributed by atoms with van der Waals surface area (Å²) < 4.78 is 37.4. The summed E-state index contributed by atoms with van der Waals surface area (Å²) in [7, 11) is 0. The predicted molar refractivity (Wildman–Crippen MR) is 66.4 cm³/mol. The van der Waals surface area contributed by atoms with Gasteiger partial charge >= 0.3 is 6.18 Å². The molecule has 1 aliphatic carbocycles. The highest BCUT2D eigenvalue weighted by atomic mass is 19.4. The molecule has 0 spiro atoms. The summed E-state index contributed by atoms with van der Waals surface area (Å²) in [6.45, 7) is 2.34. The Morgan fingerprint density at radius 1 is 1.28 bits per heavy atom. The van der Waals surface area contributed by atoms with E-state index in [-0.39, 0.29) is 18.0 Å². The largest absolute Gasteiger partial charge is 0.406 e. The quantitative estimate of drug-likeness (QED) is 0.629. The van der Waals surface area contributed by atoms with Crippen LogP contribution in [0, 0.1) is 0 Å². The maximum atomic E-state index is 12.5. The lowest BCUT2D eigenvalue weighted by Gasteiger charge is -2.30. The Hall–Kier alpha value is -0.940. The first-order valence-corrected chi connectivity index (χ1v) is 6.46. The normalized spacial score (nSPS) is 19.3. The molecule has 2 N–H and O–H groups in total. The summed E-state index contributed by atoms with van der Waals surface area (Å²) in [5.41, 5.74) is 5.73. The van der Waals surface area contributed by atoms with Gasteiger partial charge in [0, 0.05) is 6.04 Å². The molecule has 1 rings (SSSR count). The van der Waals surface area contributed by atoms with Crippen molar-refractivity contribution in [3.8, 4) is 0 Å². The summed E-state index contributed by atoms with van der Waals surface area (Å²) in [6, 6.07) is -0.216. The molecule has 1 saturated carbocycles. The highest BCUT2D eigenvalue weighted by Crippen LogP contribution is 2.22. The van der Waals surface area contributed by atoms with Crippen molar-refractivity contribution in [3.05, 3.63) is 0 Å². The number of hydrogen-bond donors (Lipinski definition) is 1. The van der Waals surface area contributed by atoms with Gasteiger partial charge in [-0.1, -0.05) is 19.3 Å². The minimum atomic E-state index is -4.25. The standard InChI is InChI=1S/C12H22F3N3/c1-9(2)18(8-12(13,14)15)11(16)17-10-6-4-3-5-7-10/h9-10H,3-8H2,1-2H3,(H2,16,17). The number of aliphatic imine (C=N–C) groups is 1. The zero-order chi connectivity index (χ0) is 13.8. The first kappa shape index (κ1) is 15.1. The van der Waals surface area contributed by atoms with E-state index < -0.39 is 12.7 Å². The van der Waals surface area contributed by atoms with E-state index in [1.807, 2.05) is 0 Å². The maximum Gasteiger partial charge on any atom is 0.406 e. The van der Waals surface area contributed by atoms with Gasteiger partial charge in [-0.15, -0.1) is 0 Å². The van der Waals surface area contributed by atoms with Crippen molar-refractivity contribution in [3.63, 3.8) is 0 Å². The second kappa shape index (κ2) is 6.29. The fraction of sp³-hybridized carbons (Fsp3) is 0.917. The molecule has 0 amide bonds. The zero-order valence-corrected chi connectivity index (χ0v) is 11.0. The maximum absolute atomic E-state index is 12.5. The minimum absolute atomic E-state index is 0.0224. The van der Waals surface area contributed by atoms with Gasteiger partial charge in [0.15, 0.2) is 5.96 Å². The van der Waals surface area contributed by atoms with E-state index in [0.717, 1.165) is 30.6 Å². The predicted octanol–water partition coefficient (Wildman–Crippen LogP) is 2.91. The lowest BCUT2D eigenvalue weighted by molar-refractivity contribution is -0.140. The van der Waals surface area contributed by atoms with Crippen LogP contribution in [0.5, 0.6) is 0 Å². The number of halogens is 3. The van der Waals surface area contributed by atoms with Crippen molar-refractivity contribution in [2.24, 2.45) is 10.7 Å². The molecule has 0 aromatic heterocycles. The Balaban J connectivity index is 2.68. The molecule has 1 fully saturated rings. The van der Waals surface area contributed by atoms with Gasteiger partial charge in [0.1, 0.15) is 6.54 Å². The van der Waals surface area contributed by atoms with Crippen molar-refractivity contribution in [2.75, 3.05) is 6.54 Å². The summed E-state index contributed by atoms with van der Waals surface area (Å²) in [5, 5.41) is 0.